The van der Waals surface area contributed by atoms with E-state index in [2.05, 4.69) is 54.0 Å². The molecule has 0 aromatic carbocycles. The average molecular weight is 422 g/mol. The molecule has 2 heterocycles. The number of aliphatic hydroxyl groups is 1. The third kappa shape index (κ3) is 3.87. The van der Waals surface area contributed by atoms with Crippen molar-refractivity contribution in [2.24, 2.45) is 0 Å². The van der Waals surface area contributed by atoms with Crippen molar-refractivity contribution in [2.75, 3.05) is 11.9 Å². The molecule has 0 spiro atoms. The quantitative estimate of drug-likeness (QED) is 0.731. The number of carbonyl (C=O) groups excluding carboxylic acids is 1. The lowest BCUT2D eigenvalue weighted by Gasteiger charge is -1.98. The van der Waals surface area contributed by atoms with E-state index >= 15 is 0 Å². The van der Waals surface area contributed by atoms with Gasteiger partial charge in [-0.1, -0.05) is 23.2 Å². The standard InChI is InChI=1S/C11H6Br2N2O2S2/c12-8-4-7(9(13)19-8)10(17)15-11-14-5-6(18-11)2-1-3-16/h4-5,16H,3H2,(H,14,15,17). The van der Waals surface area contributed by atoms with Crippen LogP contribution < -0.4 is 5.32 Å². The van der Waals surface area contributed by atoms with Crippen molar-refractivity contribution >= 4 is 65.6 Å². The molecule has 98 valence electrons. The molecule has 2 N–H and O–H groups in total. The molecule has 4 nitrogen and oxygen atoms in total. The van der Waals surface area contributed by atoms with Gasteiger partial charge in [-0.3, -0.25) is 10.1 Å². The van der Waals surface area contributed by atoms with Crippen LogP contribution in [0.3, 0.4) is 0 Å². The van der Waals surface area contributed by atoms with Gasteiger partial charge in [0.1, 0.15) is 6.61 Å². The third-order valence-electron chi connectivity index (χ3n) is 1.92. The SMILES string of the molecule is O=C(Nc1ncc(C#CCO)s1)c1cc(Br)sc1Br. The largest absolute Gasteiger partial charge is 0.384 e. The number of nitrogens with one attached hydrogen (secondary N) is 1. The first-order chi connectivity index (χ1) is 9.10. The number of thiophene rings is 1. The predicted molar refractivity (Wildman–Crippen MR) is 83.8 cm³/mol. The van der Waals surface area contributed by atoms with Crippen molar-refractivity contribution in [1.29, 1.82) is 0 Å². The summed E-state index contributed by atoms with van der Waals surface area (Å²) in [6, 6.07) is 1.74. The van der Waals surface area contributed by atoms with Gasteiger partial charge in [0, 0.05) is 0 Å². The van der Waals surface area contributed by atoms with E-state index in [1.54, 1.807) is 12.3 Å². The minimum atomic E-state index is -0.232. The van der Waals surface area contributed by atoms with E-state index in [0.717, 1.165) is 7.57 Å². The molecule has 0 aliphatic rings. The number of amides is 1. The van der Waals surface area contributed by atoms with Crippen LogP contribution in [0, 0.1) is 11.8 Å². The van der Waals surface area contributed by atoms with Crippen molar-refractivity contribution in [2.45, 2.75) is 0 Å². The second-order valence-corrected chi connectivity index (χ2v) is 7.96. The Balaban J connectivity index is 2.11. The van der Waals surface area contributed by atoms with Gasteiger partial charge in [0.05, 0.1) is 24.2 Å². The lowest BCUT2D eigenvalue weighted by Crippen LogP contribution is -2.10. The summed E-state index contributed by atoms with van der Waals surface area (Å²) in [5, 5.41) is 11.8. The van der Waals surface area contributed by atoms with E-state index in [4.69, 9.17) is 5.11 Å². The van der Waals surface area contributed by atoms with Gasteiger partial charge in [0.2, 0.25) is 0 Å². The van der Waals surface area contributed by atoms with Crippen molar-refractivity contribution in [3.8, 4) is 11.8 Å². The van der Waals surface area contributed by atoms with Crippen molar-refractivity contribution in [1.82, 2.24) is 4.98 Å². The molecular weight excluding hydrogens is 416 g/mol. The van der Waals surface area contributed by atoms with Gasteiger partial charge in [-0.2, -0.15) is 0 Å². The second-order valence-electron chi connectivity index (χ2n) is 3.18. The van der Waals surface area contributed by atoms with Crippen LogP contribution in [0.1, 0.15) is 15.2 Å². The minimum Gasteiger partial charge on any atom is -0.384 e. The molecule has 2 rings (SSSR count). The molecule has 0 aliphatic heterocycles. The summed E-state index contributed by atoms with van der Waals surface area (Å²) < 4.78 is 1.63. The number of rotatable bonds is 2. The van der Waals surface area contributed by atoms with Gasteiger partial charge in [-0.15, -0.1) is 11.3 Å². The Bertz CT molecular complexity index is 670. The zero-order chi connectivity index (χ0) is 13.8. The number of hydrogen-bond donors (Lipinski definition) is 2. The highest BCUT2D eigenvalue weighted by Gasteiger charge is 2.15. The topological polar surface area (TPSA) is 62.2 Å². The first kappa shape index (κ1) is 14.7. The number of carbonyl (C=O) groups is 1. The van der Waals surface area contributed by atoms with E-state index in [9.17, 15) is 4.79 Å². The predicted octanol–water partition coefficient (Wildman–Crippen LogP) is 3.33. The highest BCUT2D eigenvalue weighted by molar-refractivity contribution is 9.12. The zero-order valence-electron chi connectivity index (χ0n) is 9.24. The first-order valence-corrected chi connectivity index (χ1v) is 8.14. The highest BCUT2D eigenvalue weighted by atomic mass is 79.9. The Kier molecular flexibility index (Phi) is 5.13. The molecule has 19 heavy (non-hydrogen) atoms. The number of hydrogen-bond acceptors (Lipinski definition) is 5. The summed E-state index contributed by atoms with van der Waals surface area (Å²) in [6.45, 7) is -0.199. The molecule has 2 aromatic heterocycles. The van der Waals surface area contributed by atoms with Crippen molar-refractivity contribution in [3.05, 3.63) is 30.3 Å². The summed E-state index contributed by atoms with van der Waals surface area (Å²) in [7, 11) is 0. The van der Waals surface area contributed by atoms with Crippen molar-refractivity contribution in [3.63, 3.8) is 0 Å². The Morgan fingerprint density at radius 1 is 1.47 bits per heavy atom. The Morgan fingerprint density at radius 2 is 2.26 bits per heavy atom. The number of halogens is 2. The van der Waals surface area contributed by atoms with Gasteiger partial charge in [-0.25, -0.2) is 4.98 Å². The first-order valence-electron chi connectivity index (χ1n) is 4.92. The summed E-state index contributed by atoms with van der Waals surface area (Å²) in [6.07, 6.45) is 1.56. The van der Waals surface area contributed by atoms with Crippen LogP contribution in [-0.4, -0.2) is 22.6 Å². The van der Waals surface area contributed by atoms with Gasteiger partial charge in [0.25, 0.3) is 5.91 Å². The fourth-order valence-electron chi connectivity index (χ4n) is 1.18. The van der Waals surface area contributed by atoms with E-state index in [1.807, 2.05) is 0 Å². The fourth-order valence-corrected chi connectivity index (χ4v) is 4.66. The Labute approximate surface area is 134 Å². The molecule has 0 saturated heterocycles. The number of aromatic nitrogens is 1. The van der Waals surface area contributed by atoms with Crippen LogP contribution in [-0.2, 0) is 0 Å². The molecule has 0 bridgehead atoms. The lowest BCUT2D eigenvalue weighted by molar-refractivity contribution is 0.102. The molecule has 1 amide bonds. The van der Waals surface area contributed by atoms with E-state index in [1.165, 1.54) is 22.7 Å². The summed E-state index contributed by atoms with van der Waals surface area (Å²) in [5.41, 5.74) is 0.551. The summed E-state index contributed by atoms with van der Waals surface area (Å²) in [4.78, 5) is 16.7. The van der Waals surface area contributed by atoms with Gasteiger partial charge >= 0.3 is 0 Å². The van der Waals surface area contributed by atoms with Gasteiger partial charge in [0.15, 0.2) is 5.13 Å². The zero-order valence-corrected chi connectivity index (χ0v) is 14.0. The van der Waals surface area contributed by atoms with E-state index < -0.39 is 0 Å². The van der Waals surface area contributed by atoms with Crippen LogP contribution in [0.25, 0.3) is 0 Å². The number of anilines is 1. The average Bonchev–Trinajstić information content (AvgIpc) is 2.93. The summed E-state index contributed by atoms with van der Waals surface area (Å²) in [5.74, 6) is 5.03. The third-order valence-corrected chi connectivity index (χ3v) is 5.09. The Hall–Kier alpha value is -0.720. The number of thiazole rings is 1. The fraction of sp³-hybridized carbons (Fsp3) is 0.0909. The normalized spacial score (nSPS) is 9.84. The maximum Gasteiger partial charge on any atom is 0.259 e. The second kappa shape index (κ2) is 6.63. The highest BCUT2D eigenvalue weighted by Crippen LogP contribution is 2.32. The van der Waals surface area contributed by atoms with Crippen molar-refractivity contribution < 1.29 is 9.90 Å². The molecule has 2 aromatic rings. The maximum absolute atomic E-state index is 12.0. The molecule has 0 radical (unpaired) electrons. The van der Waals surface area contributed by atoms with E-state index in [0.29, 0.717) is 15.6 Å². The smallest absolute Gasteiger partial charge is 0.259 e. The Morgan fingerprint density at radius 3 is 2.89 bits per heavy atom. The van der Waals surface area contributed by atoms with Gasteiger partial charge < -0.3 is 5.11 Å². The van der Waals surface area contributed by atoms with Crippen LogP contribution >= 0.6 is 54.5 Å². The minimum absolute atomic E-state index is 0.199. The molecule has 0 aliphatic carbocycles. The number of aliphatic hydroxyl groups excluding tert-OH is 1. The maximum atomic E-state index is 12.0. The molecule has 0 fully saturated rings. The van der Waals surface area contributed by atoms with Crippen LogP contribution in [0.5, 0.6) is 0 Å². The van der Waals surface area contributed by atoms with E-state index in [-0.39, 0.29) is 12.5 Å². The molecule has 8 heteroatoms. The number of nitrogens with zero attached hydrogens (tertiary/aromatic N) is 1. The van der Waals surface area contributed by atoms with Crippen LogP contribution in [0.4, 0.5) is 5.13 Å². The molecule has 0 atom stereocenters. The van der Waals surface area contributed by atoms with Crippen LogP contribution in [0.2, 0.25) is 0 Å². The molecular formula is C11H6Br2N2O2S2. The molecule has 0 saturated carbocycles. The monoisotopic (exact) mass is 420 g/mol. The van der Waals surface area contributed by atoms with Crippen LogP contribution in [0.15, 0.2) is 19.8 Å². The van der Waals surface area contributed by atoms with Gasteiger partial charge in [-0.05, 0) is 37.9 Å². The lowest BCUT2D eigenvalue weighted by atomic mass is 10.3. The molecule has 0 unspecified atom stereocenters. The summed E-state index contributed by atoms with van der Waals surface area (Å²) >= 11 is 9.34.